The largest absolute Gasteiger partial charge is 0.416 e. The Labute approximate surface area is 836 Å². The molecule has 0 spiro atoms. The van der Waals surface area contributed by atoms with Gasteiger partial charge in [-0.1, -0.05) is 142 Å². The first kappa shape index (κ1) is 115. The van der Waals surface area contributed by atoms with Crippen LogP contribution in [0.25, 0.3) is 67.0 Å². The first-order valence-electron chi connectivity index (χ1n) is 42.0. The number of anilines is 2. The van der Waals surface area contributed by atoms with E-state index in [1.54, 1.807) is 109 Å². The summed E-state index contributed by atoms with van der Waals surface area (Å²) in [6, 6.07) is 53.3. The molecule has 0 amide bonds. The fourth-order valence-corrected chi connectivity index (χ4v) is 13.7. The van der Waals surface area contributed by atoms with Crippen molar-refractivity contribution in [3.8, 4) is 56.6 Å². The summed E-state index contributed by atoms with van der Waals surface area (Å²) in [5.41, 5.74) is 20.9. The molecule has 732 valence electrons. The molecule has 43 heteroatoms. The molecule has 9 N–H and O–H groups in total. The first-order valence-corrected chi connectivity index (χ1v) is 48.7. The number of hydrogen-bond acceptors (Lipinski definition) is 23. The molecule has 0 saturated heterocycles. The molecule has 2 aliphatic rings. The molecule has 6 aromatic carbocycles. The number of aliphatic hydroxyl groups is 2. The van der Waals surface area contributed by atoms with Crippen molar-refractivity contribution in [2.45, 2.75) is 94.7 Å². The molecule has 2 fully saturated rings. The second kappa shape index (κ2) is 58.3. The van der Waals surface area contributed by atoms with Crippen molar-refractivity contribution in [2.75, 3.05) is 94.7 Å². The maximum absolute atomic E-state index is 12.5. The van der Waals surface area contributed by atoms with Gasteiger partial charge in [0.1, 0.15) is 28.5 Å². The summed E-state index contributed by atoms with van der Waals surface area (Å²) in [4.78, 5) is 52.5. The number of alkyl halides is 3. The molecule has 0 aliphatic heterocycles. The van der Waals surface area contributed by atoms with Gasteiger partial charge in [0.25, 0.3) is 11.1 Å². The molecule has 8 aromatic heterocycles. The number of allylic oxidation sites excluding steroid dienone is 1. The molecule has 0 atom stereocenters. The fourth-order valence-electron chi connectivity index (χ4n) is 12.6. The van der Waals surface area contributed by atoms with Gasteiger partial charge in [-0.25, -0.2) is 28.3 Å². The van der Waals surface area contributed by atoms with Crippen LogP contribution in [0.15, 0.2) is 240 Å². The highest BCUT2D eigenvalue weighted by atomic mass is 36.0. The zero-order chi connectivity index (χ0) is 101. The van der Waals surface area contributed by atoms with Crippen LogP contribution in [0.5, 0.6) is 0 Å². The lowest BCUT2D eigenvalue weighted by Crippen LogP contribution is -2.35. The Morgan fingerprint density at radius 3 is 1.47 bits per heavy atom. The van der Waals surface area contributed by atoms with E-state index in [2.05, 4.69) is 119 Å². The Bertz CT molecular complexity index is 6430. The molecule has 137 heavy (non-hydrogen) atoms. The third-order valence-electron chi connectivity index (χ3n) is 19.5. The minimum absolute atomic E-state index is 0.0604. The van der Waals surface area contributed by atoms with Crippen LogP contribution in [-0.4, -0.2) is 207 Å². The van der Waals surface area contributed by atoms with Crippen LogP contribution in [0.4, 0.5) is 24.8 Å². The number of nitrogens with two attached hydrogens (primary N) is 2. The second-order valence-electron chi connectivity index (χ2n) is 31.3. The standard InChI is InChI=1S/C18H19ClN4O.C12H7Cl2N3.C12H8ClN3O.C12H11F3N2.C9H8ClN3.C8H6ClN.C6H8N2O2.C6H16N2.C6H13NO.C5H13NO2.Cl3OP/c19-13-3-1-2-12(10-13)16-11-20-23-9-8-17(22-18(16)23)21-14-4-6-15(24)7-5-14;13-9-3-1-2-8(6-9)10-7-15-17-5-4-11(14)16-12(10)17;13-9-3-1-2-8(6-9)10-7-14-16-5-4-11(17)15-12(10)16;1-17(2)8-10(7-16)9-4-3-5-11(6-9)12(13,14)15;10-7-3-1-2-6(4-7)8-5-12-13-9(8)11;9-8-3-1-2-7(6-8)4-5-10;1-7-4-3-5(9)8(2)6(7)10;1-7(2)5-6-8(3)4;7-5-1-3-6(8)4-2-5;1-6(2)5(7-3)8-4;1-5(2,3)4/h1-3,8-11,14-15,24H,4-7H2,(H,21,22);1-7H;1-7H,(H,15,17);3-6,8H,1-2H3;1-5H,(H3,11,12,13);1-3,6H,4H2;3-4H,1-2H3;5-6H2,1-4H3;5-6,8H,1-4,7H2;5H,1-4H3;/b;;;10-8+;;;;;;;. The number of nitrogens with one attached hydrogen (secondary N) is 3. The zero-order valence-corrected chi connectivity index (χ0v) is 84.8. The number of nitriles is 2. The predicted octanol–water partition coefficient (Wildman–Crippen LogP) is 20.0. The van der Waals surface area contributed by atoms with Crippen LogP contribution in [0, 0.1) is 22.7 Å². The molecular formula is C94H109Cl9F3N22O8P. The number of aliphatic hydroxyl groups excluding tert-OH is 2. The number of nitrogens with zero attached hydrogens (tertiary/aromatic N) is 17. The number of nitrogen functional groups attached to an aromatic ring is 1. The van der Waals surface area contributed by atoms with E-state index in [4.69, 9.17) is 111 Å². The van der Waals surface area contributed by atoms with E-state index in [-0.39, 0.29) is 46.6 Å². The Morgan fingerprint density at radius 1 is 0.591 bits per heavy atom. The van der Waals surface area contributed by atoms with Gasteiger partial charge in [-0.3, -0.25) is 28.7 Å². The SMILES string of the molecule is CN(C)/C=C(\C#N)c1cccc(C(F)(F)F)c1.CN(C)CCN(C)C.COC(OC)N(C)C.Clc1cccc(-c2cnn3ccc(Cl)nc23)c1.Cn1ccc(=O)n(C)c1=O.N#CCc1cccc(Cl)c1.NC1CCC(O)CC1.Nc1[nH]ncc1-c1cccc(Cl)c1.O=P(Cl)(Cl)Cl.O=c1ccn2ncc(-c3cccc(Cl)c3)c2[nH]1.OC1CCC(Nc2ccn3ncc(-c4cccc(Cl)c4)c3n2)CC1. The van der Waals surface area contributed by atoms with Crippen LogP contribution in [0.2, 0.25) is 30.3 Å². The van der Waals surface area contributed by atoms with Gasteiger partial charge < -0.3 is 60.7 Å². The molecule has 14 aromatic rings. The van der Waals surface area contributed by atoms with Crippen LogP contribution in [0.1, 0.15) is 68.1 Å². The average Bonchev–Trinajstić information content (AvgIpc) is 1.70. The number of ether oxygens (including phenoxy) is 2. The number of rotatable bonds is 15. The van der Waals surface area contributed by atoms with Gasteiger partial charge >= 0.3 is 17.1 Å². The maximum Gasteiger partial charge on any atom is 0.416 e. The summed E-state index contributed by atoms with van der Waals surface area (Å²) < 4.78 is 64.2. The Balaban J connectivity index is 0.000000237. The van der Waals surface area contributed by atoms with Crippen molar-refractivity contribution in [1.29, 1.82) is 10.5 Å². The average molecular weight is 2080 g/mol. The lowest BCUT2D eigenvalue weighted by Gasteiger charge is -2.26. The second-order valence-corrected chi connectivity index (χ2v) is 40.6. The number of likely N-dealkylation sites (N-methyl/N-ethyl adjacent to an activating group) is 2. The van der Waals surface area contributed by atoms with Crippen molar-refractivity contribution in [3.63, 3.8) is 0 Å². The van der Waals surface area contributed by atoms with E-state index in [0.29, 0.717) is 60.2 Å². The number of methoxy groups -OCH3 is 2. The highest BCUT2D eigenvalue weighted by molar-refractivity contribution is 8.24. The van der Waals surface area contributed by atoms with Gasteiger partial charge in [-0.2, -0.15) is 44.1 Å². The highest BCUT2D eigenvalue weighted by Crippen LogP contribution is 2.61. The lowest BCUT2D eigenvalue weighted by molar-refractivity contribution is -0.179. The molecular weight excluding hydrogens is 1970 g/mol. The summed E-state index contributed by atoms with van der Waals surface area (Å²) in [6.45, 7) is 2.29. The van der Waals surface area contributed by atoms with Crippen molar-refractivity contribution in [3.05, 3.63) is 304 Å². The van der Waals surface area contributed by atoms with Crippen LogP contribution < -0.4 is 33.6 Å². The number of fused-ring (bicyclic) bond motifs is 3. The van der Waals surface area contributed by atoms with Crippen molar-refractivity contribution in [2.24, 2.45) is 19.8 Å². The zero-order valence-electron chi connectivity index (χ0n) is 77.1. The number of aryl methyl sites for hydroxylation is 1. The highest BCUT2D eigenvalue weighted by Gasteiger charge is 2.31. The van der Waals surface area contributed by atoms with Gasteiger partial charge in [0.2, 0.25) is 6.41 Å². The van der Waals surface area contributed by atoms with Crippen LogP contribution in [0.3, 0.4) is 0 Å². The quantitative estimate of drug-likeness (QED) is 0.0217. The van der Waals surface area contributed by atoms with Gasteiger partial charge in [-0.15, -0.1) is 0 Å². The maximum atomic E-state index is 12.5. The summed E-state index contributed by atoms with van der Waals surface area (Å²) in [6.07, 6.45) is 18.3. The molecule has 8 heterocycles. The number of benzene rings is 6. The number of halogens is 12. The van der Waals surface area contributed by atoms with Gasteiger partial charge in [0, 0.05) is 158 Å². The summed E-state index contributed by atoms with van der Waals surface area (Å²) in [5.74, 6) is 1.40. The van der Waals surface area contributed by atoms with Crippen molar-refractivity contribution >= 4 is 143 Å². The fraction of sp³-hybridized carbons (Fsp3) is 0.309. The first-order chi connectivity index (χ1) is 64.9. The summed E-state index contributed by atoms with van der Waals surface area (Å²) in [5, 5.41) is 59.2. The number of H-pyrrole nitrogens is 2. The number of hydrogen-bond donors (Lipinski definition) is 7. The molecule has 2 aliphatic carbocycles. The Morgan fingerprint density at radius 2 is 1.04 bits per heavy atom. The lowest BCUT2D eigenvalue weighted by atomic mass is 9.93. The third-order valence-corrected chi connectivity index (χ3v) is 20.9. The van der Waals surface area contributed by atoms with E-state index in [1.807, 2.05) is 147 Å². The number of aromatic amines is 2. The summed E-state index contributed by atoms with van der Waals surface area (Å²) >= 11 is 49.3. The van der Waals surface area contributed by atoms with Gasteiger partial charge in [0.15, 0.2) is 11.3 Å². The minimum atomic E-state index is -4.39. The van der Waals surface area contributed by atoms with E-state index in [1.165, 1.54) is 48.3 Å². The molecule has 16 rings (SSSR count). The van der Waals surface area contributed by atoms with Crippen LogP contribution >= 0.6 is 109 Å². The molecule has 0 bridgehead atoms. The summed E-state index contributed by atoms with van der Waals surface area (Å²) in [7, 11) is 21.8. The van der Waals surface area contributed by atoms with E-state index >= 15 is 0 Å². The molecule has 0 unspecified atom stereocenters. The van der Waals surface area contributed by atoms with Gasteiger partial charge in [-0.05, 0) is 246 Å². The Kier molecular flexibility index (Phi) is 48.9. The number of aromatic nitrogens is 13. The normalized spacial score (nSPS) is 14.3. The van der Waals surface area contributed by atoms with Gasteiger partial charge in [0.05, 0.1) is 60.6 Å². The topological polar surface area (TPSA) is 384 Å². The monoisotopic (exact) mass is 2080 g/mol. The minimum Gasteiger partial charge on any atom is -0.393 e. The van der Waals surface area contributed by atoms with Crippen LogP contribution in [-0.2, 0) is 40.7 Å². The van der Waals surface area contributed by atoms with Crippen molar-refractivity contribution < 1.29 is 37.4 Å². The van der Waals surface area contributed by atoms with E-state index in [0.717, 1.165) is 148 Å². The van der Waals surface area contributed by atoms with Crippen molar-refractivity contribution in [1.82, 2.24) is 82.7 Å². The molecule has 30 nitrogen and oxygen atoms in total. The predicted molar refractivity (Wildman–Crippen MR) is 546 cm³/mol. The molecule has 0 radical (unpaired) electrons. The third kappa shape index (κ3) is 41.5. The smallest absolute Gasteiger partial charge is 0.393 e. The van der Waals surface area contributed by atoms with E-state index < -0.39 is 16.9 Å². The Hall–Kier alpha value is -10.7. The van der Waals surface area contributed by atoms with E-state index in [9.17, 15) is 37.2 Å². The molecule has 2 saturated carbocycles.